The minimum Gasteiger partial charge on any atom is -0.497 e. The van der Waals surface area contributed by atoms with Crippen molar-refractivity contribution in [3.8, 4) is 17.2 Å². The number of methoxy groups -OCH3 is 2. The molecular weight excluding hydrogens is 352 g/mol. The van der Waals surface area contributed by atoms with Crippen LogP contribution in [0.2, 0.25) is 0 Å². The molecule has 8 heteroatoms. The molecular formula is C19H22N2O6. The summed E-state index contributed by atoms with van der Waals surface area (Å²) in [5.74, 6) is 2.12. The Morgan fingerprint density at radius 1 is 1.15 bits per heavy atom. The van der Waals surface area contributed by atoms with Crippen LogP contribution in [0.1, 0.15) is 16.7 Å². The zero-order chi connectivity index (χ0) is 19.4. The highest BCUT2D eigenvalue weighted by Crippen LogP contribution is 2.34. The van der Waals surface area contributed by atoms with E-state index in [1.165, 1.54) is 6.07 Å². The predicted octanol–water partition coefficient (Wildman–Crippen LogP) is 3.11. The smallest absolute Gasteiger partial charge is 0.270 e. The standard InChI is InChI=1S/C19H22N2O6/c1-20(9-13-4-5-17(24-2)8-18(13)25-3)10-14-6-16(21(22)23)7-15-11-26-12-27-19(14)15/h4-8H,9-12H2,1-3H3. The molecule has 0 saturated heterocycles. The summed E-state index contributed by atoms with van der Waals surface area (Å²) >= 11 is 0. The van der Waals surface area contributed by atoms with Gasteiger partial charge in [0.25, 0.3) is 5.69 Å². The third-order valence-electron chi connectivity index (χ3n) is 4.36. The fourth-order valence-corrected chi connectivity index (χ4v) is 3.12. The SMILES string of the molecule is COc1ccc(CN(C)Cc2cc([N+](=O)[O-])cc3c2OCOC3)c(OC)c1. The van der Waals surface area contributed by atoms with Gasteiger partial charge in [0.05, 0.1) is 25.7 Å². The molecule has 0 spiro atoms. The molecule has 3 rings (SSSR count). The number of ether oxygens (including phenoxy) is 4. The molecule has 1 aliphatic heterocycles. The maximum atomic E-state index is 11.2. The lowest BCUT2D eigenvalue weighted by Crippen LogP contribution is -2.20. The van der Waals surface area contributed by atoms with Crippen LogP contribution in [0, 0.1) is 10.1 Å². The topological polar surface area (TPSA) is 83.3 Å². The van der Waals surface area contributed by atoms with Crippen molar-refractivity contribution in [1.29, 1.82) is 0 Å². The first-order chi connectivity index (χ1) is 13.0. The lowest BCUT2D eigenvalue weighted by Gasteiger charge is -2.24. The van der Waals surface area contributed by atoms with E-state index >= 15 is 0 Å². The minimum absolute atomic E-state index is 0.0354. The second kappa shape index (κ2) is 8.24. The Bertz CT molecular complexity index is 839. The van der Waals surface area contributed by atoms with Crippen LogP contribution in [-0.4, -0.2) is 37.9 Å². The molecule has 144 valence electrons. The third-order valence-corrected chi connectivity index (χ3v) is 4.36. The molecule has 0 fully saturated rings. The van der Waals surface area contributed by atoms with Crippen LogP contribution in [0.25, 0.3) is 0 Å². The number of fused-ring (bicyclic) bond motifs is 1. The van der Waals surface area contributed by atoms with Gasteiger partial charge in [-0.2, -0.15) is 0 Å². The second-order valence-corrected chi connectivity index (χ2v) is 6.31. The third kappa shape index (κ3) is 4.29. The van der Waals surface area contributed by atoms with Crippen LogP contribution >= 0.6 is 0 Å². The van der Waals surface area contributed by atoms with Crippen LogP contribution in [0.15, 0.2) is 30.3 Å². The Morgan fingerprint density at radius 3 is 2.63 bits per heavy atom. The summed E-state index contributed by atoms with van der Waals surface area (Å²) in [4.78, 5) is 12.9. The summed E-state index contributed by atoms with van der Waals surface area (Å²) < 4.78 is 21.5. The fraction of sp³-hybridized carbons (Fsp3) is 0.368. The van der Waals surface area contributed by atoms with Crippen LogP contribution in [0.4, 0.5) is 5.69 Å². The highest BCUT2D eigenvalue weighted by atomic mass is 16.7. The van der Waals surface area contributed by atoms with Crippen molar-refractivity contribution in [2.75, 3.05) is 28.1 Å². The highest BCUT2D eigenvalue weighted by molar-refractivity contribution is 5.50. The molecule has 0 aromatic heterocycles. The highest BCUT2D eigenvalue weighted by Gasteiger charge is 2.22. The van der Waals surface area contributed by atoms with Gasteiger partial charge in [-0.05, 0) is 13.1 Å². The van der Waals surface area contributed by atoms with Gasteiger partial charge in [0.15, 0.2) is 6.79 Å². The van der Waals surface area contributed by atoms with Crippen molar-refractivity contribution >= 4 is 5.69 Å². The van der Waals surface area contributed by atoms with Crippen LogP contribution in [-0.2, 0) is 24.4 Å². The summed E-state index contributed by atoms with van der Waals surface area (Å²) in [6.45, 7) is 1.54. The van der Waals surface area contributed by atoms with E-state index in [2.05, 4.69) is 0 Å². The molecule has 1 heterocycles. The van der Waals surface area contributed by atoms with Crippen molar-refractivity contribution in [3.05, 3.63) is 57.1 Å². The Kier molecular flexibility index (Phi) is 5.78. The van der Waals surface area contributed by atoms with E-state index in [0.717, 1.165) is 22.6 Å². The summed E-state index contributed by atoms with van der Waals surface area (Å²) in [6, 6.07) is 8.72. The molecule has 0 atom stereocenters. The Balaban J connectivity index is 1.83. The normalized spacial score (nSPS) is 13.0. The zero-order valence-electron chi connectivity index (χ0n) is 15.6. The Labute approximate surface area is 157 Å². The van der Waals surface area contributed by atoms with Gasteiger partial charge in [0.1, 0.15) is 17.2 Å². The summed E-state index contributed by atoms with van der Waals surface area (Å²) in [5, 5.41) is 11.2. The molecule has 27 heavy (non-hydrogen) atoms. The van der Waals surface area contributed by atoms with Crippen molar-refractivity contribution in [2.45, 2.75) is 19.7 Å². The minimum atomic E-state index is -0.398. The number of nitrogens with zero attached hydrogens (tertiary/aromatic N) is 2. The largest absolute Gasteiger partial charge is 0.497 e. The lowest BCUT2D eigenvalue weighted by atomic mass is 10.1. The van der Waals surface area contributed by atoms with Crippen molar-refractivity contribution in [3.63, 3.8) is 0 Å². The number of benzene rings is 2. The number of nitro groups is 1. The average molecular weight is 374 g/mol. The number of hydrogen-bond acceptors (Lipinski definition) is 7. The van der Waals surface area contributed by atoms with E-state index in [0.29, 0.717) is 31.0 Å². The van der Waals surface area contributed by atoms with E-state index < -0.39 is 4.92 Å². The van der Waals surface area contributed by atoms with Crippen LogP contribution in [0.5, 0.6) is 17.2 Å². The first kappa shape index (κ1) is 18.9. The zero-order valence-corrected chi connectivity index (χ0v) is 15.6. The van der Waals surface area contributed by atoms with Crippen LogP contribution < -0.4 is 14.2 Å². The molecule has 0 amide bonds. The second-order valence-electron chi connectivity index (χ2n) is 6.31. The molecule has 0 aliphatic carbocycles. The summed E-state index contributed by atoms with van der Waals surface area (Å²) in [7, 11) is 5.16. The van der Waals surface area contributed by atoms with E-state index in [1.54, 1.807) is 20.3 Å². The van der Waals surface area contributed by atoms with Crippen LogP contribution in [0.3, 0.4) is 0 Å². The maximum Gasteiger partial charge on any atom is 0.270 e. The van der Waals surface area contributed by atoms with Crippen molar-refractivity contribution in [2.24, 2.45) is 0 Å². The predicted molar refractivity (Wildman–Crippen MR) is 98.1 cm³/mol. The van der Waals surface area contributed by atoms with E-state index in [9.17, 15) is 10.1 Å². The van der Waals surface area contributed by atoms with Gasteiger partial charge in [0.2, 0.25) is 0 Å². The van der Waals surface area contributed by atoms with Gasteiger partial charge in [-0.25, -0.2) is 0 Å². The Hall–Kier alpha value is -2.84. The van der Waals surface area contributed by atoms with E-state index in [-0.39, 0.29) is 12.5 Å². The number of hydrogen-bond donors (Lipinski definition) is 0. The van der Waals surface area contributed by atoms with Gasteiger partial charge in [-0.1, -0.05) is 6.07 Å². The number of non-ortho nitro benzene ring substituents is 1. The molecule has 2 aromatic carbocycles. The monoisotopic (exact) mass is 374 g/mol. The maximum absolute atomic E-state index is 11.2. The van der Waals surface area contributed by atoms with E-state index in [4.69, 9.17) is 18.9 Å². The quantitative estimate of drug-likeness (QED) is 0.544. The van der Waals surface area contributed by atoms with Gasteiger partial charge < -0.3 is 18.9 Å². The summed E-state index contributed by atoms with van der Waals surface area (Å²) in [5.41, 5.74) is 2.48. The molecule has 1 aliphatic rings. The van der Waals surface area contributed by atoms with Gasteiger partial charge >= 0.3 is 0 Å². The molecule has 2 aromatic rings. The molecule has 0 bridgehead atoms. The van der Waals surface area contributed by atoms with E-state index in [1.807, 2.05) is 30.1 Å². The fourth-order valence-electron chi connectivity index (χ4n) is 3.12. The molecule has 0 unspecified atom stereocenters. The molecule has 0 N–H and O–H groups in total. The number of rotatable bonds is 7. The molecule has 0 saturated carbocycles. The van der Waals surface area contributed by atoms with Gasteiger partial charge in [-0.3, -0.25) is 15.0 Å². The Morgan fingerprint density at radius 2 is 1.93 bits per heavy atom. The lowest BCUT2D eigenvalue weighted by molar-refractivity contribution is -0.385. The molecule has 0 radical (unpaired) electrons. The first-order valence-electron chi connectivity index (χ1n) is 8.42. The van der Waals surface area contributed by atoms with Crippen molar-refractivity contribution < 1.29 is 23.9 Å². The van der Waals surface area contributed by atoms with Crippen molar-refractivity contribution in [1.82, 2.24) is 4.90 Å². The summed E-state index contributed by atoms with van der Waals surface area (Å²) in [6.07, 6.45) is 0. The average Bonchev–Trinajstić information content (AvgIpc) is 2.68. The number of nitro benzene ring substituents is 1. The molecule has 8 nitrogen and oxygen atoms in total. The van der Waals surface area contributed by atoms with Gasteiger partial charge in [0, 0.05) is 48.0 Å². The van der Waals surface area contributed by atoms with Gasteiger partial charge in [-0.15, -0.1) is 0 Å². The first-order valence-corrected chi connectivity index (χ1v) is 8.42.